The number of hydrogen-bond acceptors (Lipinski definition) is 0. The second kappa shape index (κ2) is 5.90. The highest BCUT2D eigenvalue weighted by Gasteiger charge is 2.09. The van der Waals surface area contributed by atoms with Crippen molar-refractivity contribution in [2.45, 2.75) is 46.6 Å². The Morgan fingerprint density at radius 2 is 1.78 bits per heavy atom. The van der Waals surface area contributed by atoms with Crippen molar-refractivity contribution in [3.05, 3.63) is 58.9 Å². The average molecular weight is 241 g/mol. The molecule has 1 heterocycles. The molecule has 1 nitrogen and oxygen atoms in total. The Hall–Kier alpha value is -1.50. The van der Waals surface area contributed by atoms with Crippen molar-refractivity contribution >= 4 is 0 Å². The lowest BCUT2D eigenvalue weighted by atomic mass is 10.1. The molecule has 0 bridgehead atoms. The summed E-state index contributed by atoms with van der Waals surface area (Å²) in [5, 5.41) is 0. The molecule has 0 atom stereocenters. The SMILES string of the molecule is CCCCc1c(C)cn(Cc2ccccc2)c1C. The summed E-state index contributed by atoms with van der Waals surface area (Å²) in [7, 11) is 0. The smallest absolute Gasteiger partial charge is 0.0472 e. The molecule has 0 fully saturated rings. The van der Waals surface area contributed by atoms with Gasteiger partial charge in [0.05, 0.1) is 0 Å². The van der Waals surface area contributed by atoms with Gasteiger partial charge in [-0.15, -0.1) is 0 Å². The number of unbranched alkanes of at least 4 members (excludes halogenated alkanes) is 1. The Labute approximate surface area is 110 Å². The van der Waals surface area contributed by atoms with E-state index in [1.54, 1.807) is 5.56 Å². The maximum absolute atomic E-state index is 2.38. The minimum absolute atomic E-state index is 0.986. The first kappa shape index (κ1) is 12.9. The largest absolute Gasteiger partial charge is 0.347 e. The molecule has 0 aliphatic heterocycles. The lowest BCUT2D eigenvalue weighted by Crippen LogP contribution is -2.01. The lowest BCUT2D eigenvalue weighted by molar-refractivity contribution is 0.751. The van der Waals surface area contributed by atoms with E-state index in [9.17, 15) is 0 Å². The molecule has 0 unspecified atom stereocenters. The number of rotatable bonds is 5. The fraction of sp³-hybridized carbons (Fsp3) is 0.412. The Morgan fingerprint density at radius 3 is 2.44 bits per heavy atom. The van der Waals surface area contributed by atoms with Gasteiger partial charge in [0.15, 0.2) is 0 Å². The molecule has 0 aliphatic carbocycles. The lowest BCUT2D eigenvalue weighted by Gasteiger charge is -2.07. The molecule has 1 aromatic heterocycles. The minimum atomic E-state index is 0.986. The summed E-state index contributed by atoms with van der Waals surface area (Å²) in [6.07, 6.45) is 6.07. The summed E-state index contributed by atoms with van der Waals surface area (Å²) in [4.78, 5) is 0. The van der Waals surface area contributed by atoms with Crippen LogP contribution >= 0.6 is 0 Å². The zero-order valence-corrected chi connectivity index (χ0v) is 11.7. The summed E-state index contributed by atoms with van der Waals surface area (Å²) >= 11 is 0. The molecule has 0 saturated heterocycles. The maximum atomic E-state index is 2.38. The van der Waals surface area contributed by atoms with Gasteiger partial charge in [0.25, 0.3) is 0 Å². The quantitative estimate of drug-likeness (QED) is 0.726. The predicted molar refractivity (Wildman–Crippen MR) is 78.1 cm³/mol. The topological polar surface area (TPSA) is 4.93 Å². The van der Waals surface area contributed by atoms with Crippen LogP contribution in [-0.4, -0.2) is 4.57 Å². The van der Waals surface area contributed by atoms with Crippen molar-refractivity contribution in [3.63, 3.8) is 0 Å². The molecular weight excluding hydrogens is 218 g/mol. The van der Waals surface area contributed by atoms with Gasteiger partial charge in [-0.2, -0.15) is 0 Å². The standard InChI is InChI=1S/C17H23N/c1-4-5-11-17-14(2)12-18(15(17)3)13-16-9-7-6-8-10-16/h6-10,12H,4-5,11,13H2,1-3H3. The van der Waals surface area contributed by atoms with E-state index in [-0.39, 0.29) is 0 Å². The first-order valence-corrected chi connectivity index (χ1v) is 6.91. The van der Waals surface area contributed by atoms with Crippen LogP contribution in [0.2, 0.25) is 0 Å². The fourth-order valence-electron chi connectivity index (χ4n) is 2.54. The van der Waals surface area contributed by atoms with Crippen LogP contribution in [0, 0.1) is 13.8 Å². The van der Waals surface area contributed by atoms with Crippen LogP contribution in [0.4, 0.5) is 0 Å². The summed E-state index contributed by atoms with van der Waals surface area (Å²) < 4.78 is 2.38. The number of hydrogen-bond donors (Lipinski definition) is 0. The highest BCUT2D eigenvalue weighted by Crippen LogP contribution is 2.19. The molecule has 0 aliphatic rings. The Morgan fingerprint density at radius 1 is 1.06 bits per heavy atom. The molecule has 2 aromatic rings. The monoisotopic (exact) mass is 241 g/mol. The highest BCUT2D eigenvalue weighted by atomic mass is 15.0. The van der Waals surface area contributed by atoms with Gasteiger partial charge in [-0.1, -0.05) is 43.7 Å². The van der Waals surface area contributed by atoms with Crippen LogP contribution in [0.3, 0.4) is 0 Å². The van der Waals surface area contributed by atoms with Gasteiger partial charge in [0.1, 0.15) is 0 Å². The number of benzene rings is 1. The second-order valence-corrected chi connectivity index (χ2v) is 5.09. The summed E-state index contributed by atoms with van der Waals surface area (Å²) in [5.41, 5.74) is 5.80. The van der Waals surface area contributed by atoms with Crippen LogP contribution < -0.4 is 0 Å². The molecule has 0 N–H and O–H groups in total. The van der Waals surface area contributed by atoms with Crippen molar-refractivity contribution in [2.75, 3.05) is 0 Å². The van der Waals surface area contributed by atoms with Gasteiger partial charge in [0, 0.05) is 18.4 Å². The number of nitrogens with zero attached hydrogens (tertiary/aromatic N) is 1. The molecule has 0 radical (unpaired) electrons. The van der Waals surface area contributed by atoms with Gasteiger partial charge in [-0.25, -0.2) is 0 Å². The molecule has 2 rings (SSSR count). The highest BCUT2D eigenvalue weighted by molar-refractivity contribution is 5.31. The van der Waals surface area contributed by atoms with E-state index in [0.717, 1.165) is 6.54 Å². The van der Waals surface area contributed by atoms with E-state index in [2.05, 4.69) is 61.9 Å². The third-order valence-electron chi connectivity index (χ3n) is 3.67. The number of aromatic nitrogens is 1. The summed E-state index contributed by atoms with van der Waals surface area (Å²) in [6.45, 7) is 7.73. The van der Waals surface area contributed by atoms with E-state index in [0.29, 0.717) is 0 Å². The first-order valence-electron chi connectivity index (χ1n) is 6.91. The molecule has 0 spiro atoms. The zero-order valence-electron chi connectivity index (χ0n) is 11.7. The van der Waals surface area contributed by atoms with E-state index in [1.807, 2.05) is 0 Å². The zero-order chi connectivity index (χ0) is 13.0. The average Bonchev–Trinajstić information content (AvgIpc) is 2.64. The van der Waals surface area contributed by atoms with Gasteiger partial charge in [0.2, 0.25) is 0 Å². The molecule has 0 saturated carbocycles. The molecular formula is C17H23N. The van der Waals surface area contributed by atoms with Crippen molar-refractivity contribution in [1.82, 2.24) is 4.57 Å². The first-order chi connectivity index (χ1) is 8.72. The minimum Gasteiger partial charge on any atom is -0.347 e. The van der Waals surface area contributed by atoms with Gasteiger partial charge >= 0.3 is 0 Å². The van der Waals surface area contributed by atoms with Crippen molar-refractivity contribution in [2.24, 2.45) is 0 Å². The molecule has 96 valence electrons. The third kappa shape index (κ3) is 2.84. The van der Waals surface area contributed by atoms with Crippen LogP contribution in [-0.2, 0) is 13.0 Å². The molecule has 18 heavy (non-hydrogen) atoms. The Bertz CT molecular complexity index is 494. The predicted octanol–water partition coefficient (Wildman–Crippen LogP) is 4.50. The Balaban J connectivity index is 2.19. The normalized spacial score (nSPS) is 10.8. The Kier molecular flexibility index (Phi) is 4.24. The molecule has 0 amide bonds. The maximum Gasteiger partial charge on any atom is 0.0472 e. The van der Waals surface area contributed by atoms with Crippen LogP contribution in [0.5, 0.6) is 0 Å². The van der Waals surface area contributed by atoms with E-state index >= 15 is 0 Å². The fourth-order valence-corrected chi connectivity index (χ4v) is 2.54. The number of aryl methyl sites for hydroxylation is 1. The summed E-state index contributed by atoms with van der Waals surface area (Å²) in [6, 6.07) is 10.7. The molecule has 1 heteroatoms. The van der Waals surface area contributed by atoms with E-state index < -0.39 is 0 Å². The van der Waals surface area contributed by atoms with Crippen LogP contribution in [0.25, 0.3) is 0 Å². The van der Waals surface area contributed by atoms with Gasteiger partial charge in [-0.3, -0.25) is 0 Å². The van der Waals surface area contributed by atoms with Gasteiger partial charge < -0.3 is 4.57 Å². The molecule has 1 aromatic carbocycles. The van der Waals surface area contributed by atoms with Crippen LogP contribution in [0.1, 0.15) is 42.1 Å². The van der Waals surface area contributed by atoms with E-state index in [4.69, 9.17) is 0 Å². The van der Waals surface area contributed by atoms with Crippen LogP contribution in [0.15, 0.2) is 36.5 Å². The van der Waals surface area contributed by atoms with Crippen molar-refractivity contribution in [3.8, 4) is 0 Å². The third-order valence-corrected chi connectivity index (χ3v) is 3.67. The van der Waals surface area contributed by atoms with Crippen molar-refractivity contribution in [1.29, 1.82) is 0 Å². The van der Waals surface area contributed by atoms with Gasteiger partial charge in [-0.05, 0) is 43.4 Å². The summed E-state index contributed by atoms with van der Waals surface area (Å²) in [5.74, 6) is 0. The second-order valence-electron chi connectivity index (χ2n) is 5.09. The van der Waals surface area contributed by atoms with Crippen molar-refractivity contribution < 1.29 is 0 Å². The van der Waals surface area contributed by atoms with E-state index in [1.165, 1.54) is 36.1 Å².